The van der Waals surface area contributed by atoms with Crippen molar-refractivity contribution in [1.29, 1.82) is 5.41 Å². The number of amidine groups is 1. The molecule has 4 amide bonds. The molecule has 0 radical (unpaired) electrons. The molecular formula is C43H44N8O15S. The van der Waals surface area contributed by atoms with Gasteiger partial charge in [0.25, 0.3) is 17.1 Å². The van der Waals surface area contributed by atoms with Crippen LogP contribution in [-0.2, 0) is 48.4 Å². The summed E-state index contributed by atoms with van der Waals surface area (Å²) < 4.78 is 16.7. The van der Waals surface area contributed by atoms with E-state index in [9.17, 15) is 59.4 Å². The molecule has 23 nitrogen and oxygen atoms in total. The Balaban J connectivity index is 1.08. The van der Waals surface area contributed by atoms with Crippen LogP contribution in [0.1, 0.15) is 43.9 Å². The summed E-state index contributed by atoms with van der Waals surface area (Å²) in [5.74, 6) is -3.33. The second-order valence-electron chi connectivity index (χ2n) is 16.4. The molecule has 0 spiro atoms. The first kappa shape index (κ1) is 47.5. The number of hydrogen-bond acceptors (Lipinski definition) is 17. The number of non-ortho nitro benzene ring substituents is 3. The van der Waals surface area contributed by atoms with Gasteiger partial charge in [0.15, 0.2) is 0 Å². The van der Waals surface area contributed by atoms with Crippen molar-refractivity contribution < 1.29 is 58.1 Å². The zero-order valence-electron chi connectivity index (χ0n) is 36.1. The predicted molar refractivity (Wildman–Crippen MR) is 234 cm³/mol. The summed E-state index contributed by atoms with van der Waals surface area (Å²) in [5, 5.41) is 51.6. The number of rotatable bonds is 15. The number of nitro benzene ring substituents is 3. The third-order valence-electron chi connectivity index (χ3n) is 12.0. The normalized spacial score (nSPS) is 21.4. The van der Waals surface area contributed by atoms with Gasteiger partial charge in [-0.1, -0.05) is 6.92 Å². The van der Waals surface area contributed by atoms with Crippen molar-refractivity contribution in [3.63, 3.8) is 0 Å². The van der Waals surface area contributed by atoms with Crippen LogP contribution in [0.4, 0.5) is 26.7 Å². The highest BCUT2D eigenvalue weighted by Gasteiger charge is 2.61. The molecule has 6 atom stereocenters. The third kappa shape index (κ3) is 9.89. The van der Waals surface area contributed by atoms with Crippen LogP contribution < -0.4 is 0 Å². The van der Waals surface area contributed by atoms with Crippen LogP contribution in [0.2, 0.25) is 0 Å². The van der Waals surface area contributed by atoms with Crippen molar-refractivity contribution in [3.8, 4) is 0 Å². The molecule has 3 aromatic carbocycles. The quantitative estimate of drug-likeness (QED) is 0.0390. The number of nitrogens with zero attached hydrogens (tertiary/aromatic N) is 7. The molecule has 3 saturated heterocycles. The van der Waals surface area contributed by atoms with Crippen LogP contribution in [0, 0.1) is 47.6 Å². The lowest BCUT2D eigenvalue weighted by Crippen LogP contribution is -2.65. The lowest BCUT2D eigenvalue weighted by atomic mass is 9.79. The number of aliphatic hydroxyl groups is 1. The number of thioether (sulfide) groups is 1. The largest absolute Gasteiger partial charge is 0.456 e. The fourth-order valence-electron chi connectivity index (χ4n) is 8.54. The van der Waals surface area contributed by atoms with Crippen LogP contribution in [0.5, 0.6) is 0 Å². The number of β-lactam (4-membered cyclic amide) rings is 1. The van der Waals surface area contributed by atoms with E-state index in [2.05, 4.69) is 0 Å². The number of likely N-dealkylation sites (tertiary alicyclic amines) is 2. The van der Waals surface area contributed by atoms with Gasteiger partial charge in [0.1, 0.15) is 37.4 Å². The topological polar surface area (TPSA) is 299 Å². The first-order chi connectivity index (χ1) is 31.8. The van der Waals surface area contributed by atoms with Gasteiger partial charge < -0.3 is 29.1 Å². The van der Waals surface area contributed by atoms with Crippen LogP contribution in [0.15, 0.2) is 83.4 Å². The Labute approximate surface area is 385 Å². The van der Waals surface area contributed by atoms with Crippen molar-refractivity contribution in [2.24, 2.45) is 11.8 Å². The van der Waals surface area contributed by atoms with Gasteiger partial charge in [-0.3, -0.25) is 55.1 Å². The Bertz CT molecular complexity index is 2530. The maximum atomic E-state index is 14.3. The maximum Gasteiger partial charge on any atom is 0.415 e. The van der Waals surface area contributed by atoms with Crippen LogP contribution in [0.25, 0.3) is 0 Å². The van der Waals surface area contributed by atoms with Crippen molar-refractivity contribution in [1.82, 2.24) is 19.6 Å². The van der Waals surface area contributed by atoms with Gasteiger partial charge in [-0.15, -0.1) is 11.8 Å². The molecule has 4 aliphatic heterocycles. The molecule has 7 rings (SSSR count). The van der Waals surface area contributed by atoms with Crippen molar-refractivity contribution in [3.05, 3.63) is 130 Å². The van der Waals surface area contributed by atoms with Crippen molar-refractivity contribution in [2.75, 3.05) is 19.6 Å². The number of amides is 4. The van der Waals surface area contributed by atoms with Gasteiger partial charge in [0.05, 0.1) is 38.9 Å². The number of carbonyl (C=O) groups is 5. The average molecular weight is 945 g/mol. The molecule has 3 fully saturated rings. The number of benzene rings is 3. The van der Waals surface area contributed by atoms with Crippen molar-refractivity contribution in [2.45, 2.75) is 76.5 Å². The molecule has 3 aromatic rings. The smallest absolute Gasteiger partial charge is 0.415 e. The summed E-state index contributed by atoms with van der Waals surface area (Å²) in [7, 11) is 0. The first-order valence-corrected chi connectivity index (χ1v) is 21.7. The predicted octanol–water partition coefficient (Wildman–Crippen LogP) is 4.88. The average Bonchev–Trinajstić information content (AvgIpc) is 3.81. The number of fused-ring (bicyclic) bond motifs is 1. The molecule has 4 heterocycles. The zero-order valence-corrected chi connectivity index (χ0v) is 36.9. The summed E-state index contributed by atoms with van der Waals surface area (Å²) in [5.41, 5.74) is 0.820. The standard InChI is InChI=1S/C43H44N8O15S/c1-23-36-35(24(2)52)40(54)48(36)37(41(55)64-20-26-4-10-29(11-5-26)49(58)59)38(23)67-33-16-34(46(19-33)42(56)65-21-27-6-12-30(13-7-27)50(60)61)39(53)45-17-32(18-45)47(25(3)44)43(57)66-22-28-8-14-31(15-9-28)51(62)63/h4-15,23-24,32-36,44,52H,16-22H2,1-3H3/t23-,24-,33+,34+,35-,36-/m1/s1. The molecule has 352 valence electrons. The molecular weight excluding hydrogens is 901 g/mol. The van der Waals surface area contributed by atoms with Gasteiger partial charge >= 0.3 is 18.2 Å². The zero-order chi connectivity index (χ0) is 48.4. The molecule has 2 N–H and O–H groups in total. The number of nitro groups is 3. The van der Waals surface area contributed by atoms with Crippen LogP contribution in [0.3, 0.4) is 0 Å². The molecule has 67 heavy (non-hydrogen) atoms. The fraction of sp³-hybridized carbons (Fsp3) is 0.395. The van der Waals surface area contributed by atoms with Crippen LogP contribution >= 0.6 is 11.8 Å². The molecule has 4 aliphatic rings. The van der Waals surface area contributed by atoms with Gasteiger partial charge in [-0.2, -0.15) is 0 Å². The minimum atomic E-state index is -1.12. The lowest BCUT2D eigenvalue weighted by molar-refractivity contribution is -0.385. The SMILES string of the molecule is CC(=N)N(C(=O)OCc1ccc([N+](=O)[O-])cc1)C1CN(C(=O)[C@@H]2C[C@H](SC3=C(C(=O)OCc4ccc([N+](=O)[O-])cc4)N4C(=O)[C@H]([C@@H](C)O)[C@H]4[C@H]3C)CN2C(=O)OCc2ccc([N+](=O)[O-])cc2)C1. The second kappa shape index (κ2) is 19.6. The van der Waals surface area contributed by atoms with E-state index in [1.165, 1.54) is 113 Å². The highest BCUT2D eigenvalue weighted by molar-refractivity contribution is 8.03. The summed E-state index contributed by atoms with van der Waals surface area (Å²) in [4.78, 5) is 106. The lowest BCUT2D eigenvalue weighted by Gasteiger charge is -2.46. The Morgan fingerprint density at radius 3 is 1.75 bits per heavy atom. The van der Waals surface area contributed by atoms with E-state index in [1.54, 1.807) is 6.92 Å². The molecule has 0 saturated carbocycles. The van der Waals surface area contributed by atoms with Gasteiger partial charge in [-0.25, -0.2) is 14.4 Å². The minimum absolute atomic E-state index is 0.0336. The number of esters is 1. The van der Waals surface area contributed by atoms with E-state index in [-0.39, 0.29) is 74.5 Å². The number of nitrogens with one attached hydrogen (secondary N) is 1. The highest BCUT2D eigenvalue weighted by atomic mass is 32.2. The third-order valence-corrected chi connectivity index (χ3v) is 13.5. The second-order valence-corrected chi connectivity index (χ2v) is 17.8. The summed E-state index contributed by atoms with van der Waals surface area (Å²) in [6.45, 7) is 3.69. The molecule has 0 unspecified atom stereocenters. The molecule has 24 heteroatoms. The van der Waals surface area contributed by atoms with E-state index in [1.807, 2.05) is 0 Å². The van der Waals surface area contributed by atoms with Gasteiger partial charge in [-0.05, 0) is 73.4 Å². The highest BCUT2D eigenvalue weighted by Crippen LogP contribution is 2.52. The Hall–Kier alpha value is -7.47. The molecule has 0 aliphatic carbocycles. The number of aliphatic hydroxyl groups excluding tert-OH is 1. The van der Waals surface area contributed by atoms with E-state index >= 15 is 0 Å². The fourth-order valence-corrected chi connectivity index (χ4v) is 10.1. The Kier molecular flexibility index (Phi) is 13.9. The Morgan fingerprint density at radius 2 is 1.28 bits per heavy atom. The van der Waals surface area contributed by atoms with Crippen molar-refractivity contribution >= 4 is 64.6 Å². The van der Waals surface area contributed by atoms with E-state index in [4.69, 9.17) is 19.6 Å². The van der Waals surface area contributed by atoms with E-state index in [0.29, 0.717) is 21.6 Å². The van der Waals surface area contributed by atoms with E-state index in [0.717, 1.165) is 4.90 Å². The summed E-state index contributed by atoms with van der Waals surface area (Å²) in [6, 6.07) is 13.7. The first-order valence-electron chi connectivity index (χ1n) is 20.9. The van der Waals surface area contributed by atoms with Gasteiger partial charge in [0.2, 0.25) is 11.8 Å². The number of carbonyl (C=O) groups excluding carboxylic acids is 5. The summed E-state index contributed by atoms with van der Waals surface area (Å²) >= 11 is 1.18. The molecule has 0 bridgehead atoms. The monoisotopic (exact) mass is 944 g/mol. The van der Waals surface area contributed by atoms with E-state index < -0.39 is 86.1 Å². The van der Waals surface area contributed by atoms with Gasteiger partial charge in [0, 0.05) is 72.1 Å². The number of hydrogen-bond donors (Lipinski definition) is 2. The maximum absolute atomic E-state index is 14.3. The van der Waals surface area contributed by atoms with Crippen LogP contribution in [-0.4, -0.2) is 124 Å². The minimum Gasteiger partial charge on any atom is -0.456 e. The number of ether oxygens (including phenoxy) is 3. The molecule has 0 aromatic heterocycles. The summed E-state index contributed by atoms with van der Waals surface area (Å²) in [6.07, 6.45) is -2.76. The Morgan fingerprint density at radius 1 is 0.806 bits per heavy atom.